The van der Waals surface area contributed by atoms with Gasteiger partial charge in [-0.15, -0.1) is 4.36 Å². The summed E-state index contributed by atoms with van der Waals surface area (Å²) in [5.41, 5.74) is -0.704. The van der Waals surface area contributed by atoms with Gasteiger partial charge < -0.3 is 10.1 Å². The molecule has 0 heterocycles. The second-order valence-corrected chi connectivity index (χ2v) is 9.99. The summed E-state index contributed by atoms with van der Waals surface area (Å²) in [5.74, 6) is -0.661. The molecule has 7 nitrogen and oxygen atoms in total. The molecule has 2 amide bonds. The Kier molecular flexibility index (Phi) is 7.79. The fourth-order valence-electron chi connectivity index (χ4n) is 2.04. The molecule has 146 valence electrons. The van der Waals surface area contributed by atoms with Crippen molar-refractivity contribution in [2.24, 2.45) is 15.4 Å². The van der Waals surface area contributed by atoms with E-state index in [0.29, 0.717) is 10.9 Å². The van der Waals surface area contributed by atoms with Crippen LogP contribution in [0.5, 0.6) is 0 Å². The zero-order valence-electron chi connectivity index (χ0n) is 15.6. The van der Waals surface area contributed by atoms with Gasteiger partial charge in [0, 0.05) is 4.47 Å². The van der Waals surface area contributed by atoms with Crippen molar-refractivity contribution in [3.8, 4) is 0 Å². The molecule has 1 aromatic rings. The predicted octanol–water partition coefficient (Wildman–Crippen LogP) is 3.62. The second-order valence-electron chi connectivity index (χ2n) is 7.28. The van der Waals surface area contributed by atoms with E-state index in [0.717, 1.165) is 0 Å². The van der Waals surface area contributed by atoms with Gasteiger partial charge in [0.1, 0.15) is 21.6 Å². The van der Waals surface area contributed by atoms with E-state index in [1.165, 1.54) is 12.1 Å². The van der Waals surface area contributed by atoms with Gasteiger partial charge in [0.2, 0.25) is 0 Å². The van der Waals surface area contributed by atoms with Crippen LogP contribution in [0.3, 0.4) is 0 Å². The van der Waals surface area contributed by atoms with E-state index in [1.807, 2.05) is 13.8 Å². The maximum absolute atomic E-state index is 12.7. The number of nitrogens with zero attached hydrogens (tertiary/aromatic N) is 1. The first-order valence-corrected chi connectivity index (χ1v) is 10.5. The van der Waals surface area contributed by atoms with Crippen molar-refractivity contribution in [2.45, 2.75) is 57.6 Å². The van der Waals surface area contributed by atoms with Gasteiger partial charge in [-0.25, -0.2) is 14.1 Å². The molecule has 1 unspecified atom stereocenters. The SMILES string of the molecule is CC(C)C[C@H](NC(=O)OC(C)(C)C)C(=O)N=S(N)(=O)c1cccc(Br)c1. The fourth-order valence-corrected chi connectivity index (χ4v) is 3.66. The number of amides is 2. The van der Waals surface area contributed by atoms with Gasteiger partial charge >= 0.3 is 6.09 Å². The average Bonchev–Trinajstić information content (AvgIpc) is 2.43. The quantitative estimate of drug-likeness (QED) is 0.717. The summed E-state index contributed by atoms with van der Waals surface area (Å²) in [7, 11) is -3.43. The van der Waals surface area contributed by atoms with E-state index in [2.05, 4.69) is 25.6 Å². The van der Waals surface area contributed by atoms with Crippen molar-refractivity contribution < 1.29 is 18.5 Å². The van der Waals surface area contributed by atoms with Crippen molar-refractivity contribution in [1.82, 2.24) is 5.32 Å². The molecular formula is C17H26BrN3O4S. The Balaban J connectivity index is 3.08. The van der Waals surface area contributed by atoms with Gasteiger partial charge in [0.25, 0.3) is 5.91 Å². The molecule has 0 aliphatic rings. The summed E-state index contributed by atoms with van der Waals surface area (Å²) in [6.45, 7) is 8.94. The molecule has 0 spiro atoms. The lowest BCUT2D eigenvalue weighted by Gasteiger charge is -2.23. The number of hydrogen-bond donors (Lipinski definition) is 2. The maximum Gasteiger partial charge on any atom is 0.408 e. The largest absolute Gasteiger partial charge is 0.444 e. The Bertz CT molecular complexity index is 780. The highest BCUT2D eigenvalue weighted by atomic mass is 79.9. The molecule has 26 heavy (non-hydrogen) atoms. The molecule has 2 atom stereocenters. The highest BCUT2D eigenvalue weighted by molar-refractivity contribution is 9.10. The van der Waals surface area contributed by atoms with Crippen LogP contribution in [0, 0.1) is 5.92 Å². The number of hydrogen-bond acceptors (Lipinski definition) is 4. The van der Waals surface area contributed by atoms with Crippen molar-refractivity contribution in [1.29, 1.82) is 0 Å². The van der Waals surface area contributed by atoms with Gasteiger partial charge in [0.15, 0.2) is 0 Å². The molecule has 3 N–H and O–H groups in total. The van der Waals surface area contributed by atoms with E-state index >= 15 is 0 Å². The minimum absolute atomic E-state index is 0.0915. The molecule has 0 saturated carbocycles. The lowest BCUT2D eigenvalue weighted by atomic mass is 10.0. The van der Waals surface area contributed by atoms with Gasteiger partial charge in [-0.1, -0.05) is 35.8 Å². The average molecular weight is 448 g/mol. The summed E-state index contributed by atoms with van der Waals surface area (Å²) in [4.78, 5) is 24.8. The lowest BCUT2D eigenvalue weighted by Crippen LogP contribution is -2.44. The van der Waals surface area contributed by atoms with Crippen LogP contribution in [-0.2, 0) is 19.4 Å². The third-order valence-corrected chi connectivity index (χ3v) is 4.93. The minimum Gasteiger partial charge on any atom is -0.444 e. The second kappa shape index (κ2) is 8.96. The highest BCUT2D eigenvalue weighted by Crippen LogP contribution is 2.17. The fraction of sp³-hybridized carbons (Fsp3) is 0.529. The van der Waals surface area contributed by atoms with Crippen LogP contribution in [0.4, 0.5) is 4.79 Å². The van der Waals surface area contributed by atoms with Crippen LogP contribution < -0.4 is 10.5 Å². The molecule has 0 saturated heterocycles. The molecule has 1 rings (SSSR count). The van der Waals surface area contributed by atoms with Crippen molar-refractivity contribution >= 4 is 37.8 Å². The number of carbonyl (C=O) groups excluding carboxylic acids is 2. The maximum atomic E-state index is 12.7. The summed E-state index contributed by atoms with van der Waals surface area (Å²) >= 11 is 3.26. The highest BCUT2D eigenvalue weighted by Gasteiger charge is 2.26. The Morgan fingerprint density at radius 2 is 1.96 bits per heavy atom. The summed E-state index contributed by atoms with van der Waals surface area (Å²) in [6, 6.07) is 5.49. The first kappa shape index (κ1) is 22.6. The number of rotatable bonds is 5. The number of ether oxygens (including phenoxy) is 1. The molecule has 0 radical (unpaired) electrons. The van der Waals surface area contributed by atoms with E-state index in [-0.39, 0.29) is 10.8 Å². The van der Waals surface area contributed by atoms with Crippen LogP contribution in [0.15, 0.2) is 38.0 Å². The van der Waals surface area contributed by atoms with Crippen molar-refractivity contribution in [3.05, 3.63) is 28.7 Å². The number of alkyl carbamates (subject to hydrolysis) is 1. The smallest absolute Gasteiger partial charge is 0.408 e. The van der Waals surface area contributed by atoms with Crippen molar-refractivity contribution in [2.75, 3.05) is 0 Å². The first-order chi connectivity index (χ1) is 11.8. The number of nitrogens with two attached hydrogens (primary N) is 1. The van der Waals surface area contributed by atoms with Gasteiger partial charge in [-0.2, -0.15) is 0 Å². The van der Waals surface area contributed by atoms with Gasteiger partial charge in [-0.05, 0) is 51.3 Å². The number of halogens is 1. The van der Waals surface area contributed by atoms with Crippen LogP contribution in [0.2, 0.25) is 0 Å². The topological polar surface area (TPSA) is 111 Å². The zero-order valence-corrected chi connectivity index (χ0v) is 18.0. The molecule has 9 heteroatoms. The first-order valence-electron chi connectivity index (χ1n) is 8.14. The van der Waals surface area contributed by atoms with E-state index < -0.39 is 33.6 Å². The minimum atomic E-state index is -3.43. The van der Waals surface area contributed by atoms with Crippen LogP contribution in [-0.4, -0.2) is 27.9 Å². The molecule has 0 bridgehead atoms. The normalized spacial score (nSPS) is 15.1. The summed E-state index contributed by atoms with van der Waals surface area (Å²) < 4.78 is 22.2. The Morgan fingerprint density at radius 3 is 2.46 bits per heavy atom. The van der Waals surface area contributed by atoms with Gasteiger partial charge in [0.05, 0.1) is 4.90 Å². The zero-order chi connectivity index (χ0) is 20.1. The molecule has 1 aromatic carbocycles. The molecule has 0 fully saturated rings. The monoisotopic (exact) mass is 447 g/mol. The summed E-state index contributed by atoms with van der Waals surface area (Å²) in [6.07, 6.45) is -0.423. The van der Waals surface area contributed by atoms with Crippen LogP contribution >= 0.6 is 15.9 Å². The predicted molar refractivity (Wildman–Crippen MR) is 105 cm³/mol. The lowest BCUT2D eigenvalue weighted by molar-refractivity contribution is -0.120. The number of carbonyl (C=O) groups is 2. The molecule has 0 aromatic heterocycles. The van der Waals surface area contributed by atoms with Crippen LogP contribution in [0.25, 0.3) is 0 Å². The van der Waals surface area contributed by atoms with E-state index in [1.54, 1.807) is 32.9 Å². The number of nitrogens with one attached hydrogen (secondary N) is 1. The summed E-state index contributed by atoms with van der Waals surface area (Å²) in [5, 5.41) is 8.28. The van der Waals surface area contributed by atoms with Crippen molar-refractivity contribution in [3.63, 3.8) is 0 Å². The van der Waals surface area contributed by atoms with Gasteiger partial charge in [-0.3, -0.25) is 4.79 Å². The Hall–Kier alpha value is -1.45. The van der Waals surface area contributed by atoms with Crippen LogP contribution in [0.1, 0.15) is 41.0 Å². The third-order valence-electron chi connectivity index (χ3n) is 3.06. The third kappa shape index (κ3) is 7.84. The molecule has 0 aliphatic heterocycles. The molecule has 0 aliphatic carbocycles. The number of benzene rings is 1. The Morgan fingerprint density at radius 1 is 1.35 bits per heavy atom. The van der Waals surface area contributed by atoms with E-state index in [9.17, 15) is 13.8 Å². The standard InChI is InChI=1S/C17H26BrN3O4S/c1-11(2)9-14(20-16(23)25-17(3,4)5)15(22)21-26(19,24)13-8-6-7-12(18)10-13/h6-8,10-11,14H,9H2,1-5H3,(H,20,23)(H2,19,21,22,24)/t14-,26?/m0/s1. The molecular weight excluding hydrogens is 422 g/mol. The Labute approximate surface area is 163 Å². The van der Waals surface area contributed by atoms with E-state index in [4.69, 9.17) is 9.88 Å².